The van der Waals surface area contributed by atoms with Gasteiger partial charge in [-0.15, -0.1) is 0 Å². The molecule has 4 nitrogen and oxygen atoms in total. The first-order valence-electron chi connectivity index (χ1n) is 8.99. The van der Waals surface area contributed by atoms with Crippen LogP contribution in [-0.4, -0.2) is 35.2 Å². The second-order valence-electron chi connectivity index (χ2n) is 8.17. The number of urea groups is 1. The predicted octanol–water partition coefficient (Wildman–Crippen LogP) is 3.88. The van der Waals surface area contributed by atoms with Gasteiger partial charge in [-0.2, -0.15) is 0 Å². The van der Waals surface area contributed by atoms with E-state index in [0.717, 1.165) is 12.8 Å². The lowest BCUT2D eigenvalue weighted by atomic mass is 9.81. The second kappa shape index (κ2) is 7.56. The highest BCUT2D eigenvalue weighted by Gasteiger charge is 2.32. The van der Waals surface area contributed by atoms with Crippen LogP contribution in [0.3, 0.4) is 0 Å². The number of carbonyl (C=O) groups excluding carboxylic acids is 1. The molecule has 0 spiro atoms. The van der Waals surface area contributed by atoms with Crippen LogP contribution in [0.1, 0.15) is 57.7 Å². The zero-order valence-corrected chi connectivity index (χ0v) is 15.7. The van der Waals surface area contributed by atoms with Crippen LogP contribution in [0.2, 0.25) is 0 Å². The molecule has 1 aliphatic heterocycles. The Hall–Kier alpha value is -1.55. The van der Waals surface area contributed by atoms with Crippen LogP contribution < -0.4 is 5.32 Å². The largest absolute Gasteiger partial charge is 0.393 e. The number of likely N-dealkylation sites (tertiary alicyclic amines) is 1. The molecule has 2 unspecified atom stereocenters. The van der Waals surface area contributed by atoms with Gasteiger partial charge in [0.2, 0.25) is 0 Å². The predicted molar refractivity (Wildman–Crippen MR) is 97.9 cm³/mol. The van der Waals surface area contributed by atoms with Crippen LogP contribution in [0.25, 0.3) is 0 Å². The molecular formula is C20H32N2O2. The van der Waals surface area contributed by atoms with Gasteiger partial charge in [-0.25, -0.2) is 4.79 Å². The molecule has 0 saturated carbocycles. The summed E-state index contributed by atoms with van der Waals surface area (Å²) in [4.78, 5) is 14.7. The lowest BCUT2D eigenvalue weighted by Crippen LogP contribution is -2.48. The Balaban J connectivity index is 2.08. The van der Waals surface area contributed by atoms with Crippen molar-refractivity contribution in [3.8, 4) is 0 Å². The zero-order chi connectivity index (χ0) is 17.9. The number of nitrogens with one attached hydrogen (secondary N) is 1. The maximum Gasteiger partial charge on any atom is 0.317 e. The number of aliphatic hydroxyl groups is 1. The Kier molecular flexibility index (Phi) is 5.92. The smallest absolute Gasteiger partial charge is 0.317 e. The van der Waals surface area contributed by atoms with Crippen molar-refractivity contribution in [1.82, 2.24) is 10.2 Å². The number of aryl methyl sites for hydroxylation is 1. The highest BCUT2D eigenvalue weighted by molar-refractivity contribution is 5.75. The van der Waals surface area contributed by atoms with Crippen molar-refractivity contribution in [3.63, 3.8) is 0 Å². The van der Waals surface area contributed by atoms with Crippen LogP contribution in [0.4, 0.5) is 4.79 Å². The van der Waals surface area contributed by atoms with Crippen molar-refractivity contribution in [2.75, 3.05) is 13.1 Å². The average Bonchev–Trinajstić information content (AvgIpc) is 2.52. The zero-order valence-electron chi connectivity index (χ0n) is 15.7. The van der Waals surface area contributed by atoms with Crippen LogP contribution in [0.5, 0.6) is 0 Å². The first-order valence-corrected chi connectivity index (χ1v) is 8.99. The van der Waals surface area contributed by atoms with Gasteiger partial charge in [0.1, 0.15) is 0 Å². The summed E-state index contributed by atoms with van der Waals surface area (Å²) in [6.07, 6.45) is 1.45. The highest BCUT2D eigenvalue weighted by atomic mass is 16.3. The summed E-state index contributed by atoms with van der Waals surface area (Å²) in [6.45, 7) is 11.8. The van der Waals surface area contributed by atoms with Crippen molar-refractivity contribution in [2.45, 2.75) is 59.6 Å². The molecule has 4 heteroatoms. The number of piperidine rings is 1. The van der Waals surface area contributed by atoms with Crippen molar-refractivity contribution in [1.29, 1.82) is 0 Å². The lowest BCUT2D eigenvalue weighted by Gasteiger charge is -2.37. The summed E-state index contributed by atoms with van der Waals surface area (Å²) < 4.78 is 0. The van der Waals surface area contributed by atoms with Crippen LogP contribution in [-0.2, 0) is 0 Å². The van der Waals surface area contributed by atoms with Crippen molar-refractivity contribution in [2.24, 2.45) is 11.3 Å². The minimum Gasteiger partial charge on any atom is -0.393 e. The number of hydrogen-bond acceptors (Lipinski definition) is 2. The summed E-state index contributed by atoms with van der Waals surface area (Å²) in [5, 5.41) is 13.0. The molecule has 0 aliphatic carbocycles. The Bertz CT molecular complexity index is 555. The SMILES string of the molecule is Cc1ccccc1C(NC(=O)N1CCC(C(C)O)CC1)C(C)(C)C. The van der Waals surface area contributed by atoms with Gasteiger partial charge in [-0.05, 0) is 49.1 Å². The number of nitrogens with zero attached hydrogens (tertiary/aromatic N) is 1. The summed E-state index contributed by atoms with van der Waals surface area (Å²) >= 11 is 0. The molecule has 24 heavy (non-hydrogen) atoms. The molecule has 2 amide bonds. The first-order chi connectivity index (χ1) is 11.2. The quantitative estimate of drug-likeness (QED) is 0.882. The van der Waals surface area contributed by atoms with Gasteiger partial charge in [0.05, 0.1) is 12.1 Å². The molecule has 0 radical (unpaired) electrons. The van der Waals surface area contributed by atoms with E-state index in [1.165, 1.54) is 11.1 Å². The minimum atomic E-state index is -0.287. The third-order valence-corrected chi connectivity index (χ3v) is 5.14. The second-order valence-corrected chi connectivity index (χ2v) is 8.17. The molecule has 1 fully saturated rings. The maximum absolute atomic E-state index is 12.8. The van der Waals surface area contributed by atoms with E-state index in [9.17, 15) is 9.90 Å². The molecule has 0 aromatic heterocycles. The Morgan fingerprint density at radius 1 is 1.25 bits per heavy atom. The summed E-state index contributed by atoms with van der Waals surface area (Å²) in [5.41, 5.74) is 2.31. The van der Waals surface area contributed by atoms with Gasteiger partial charge in [0, 0.05) is 13.1 Å². The number of aliphatic hydroxyl groups excluding tert-OH is 1. The molecule has 2 rings (SSSR count). The van der Waals surface area contributed by atoms with Crippen LogP contribution >= 0.6 is 0 Å². The maximum atomic E-state index is 12.8. The van der Waals surface area contributed by atoms with Gasteiger partial charge in [-0.1, -0.05) is 45.0 Å². The van der Waals surface area contributed by atoms with E-state index in [2.05, 4.69) is 45.1 Å². The number of benzene rings is 1. The third kappa shape index (κ3) is 4.50. The molecule has 134 valence electrons. The normalized spacial score (nSPS) is 19.0. The molecule has 1 aliphatic rings. The van der Waals surface area contributed by atoms with Crippen molar-refractivity contribution in [3.05, 3.63) is 35.4 Å². The monoisotopic (exact) mass is 332 g/mol. The topological polar surface area (TPSA) is 52.6 Å². The van der Waals surface area contributed by atoms with Gasteiger partial charge >= 0.3 is 6.03 Å². The van der Waals surface area contributed by atoms with E-state index in [0.29, 0.717) is 19.0 Å². The fourth-order valence-corrected chi connectivity index (χ4v) is 3.47. The molecule has 1 aromatic carbocycles. The van der Waals surface area contributed by atoms with E-state index < -0.39 is 0 Å². The molecule has 1 heterocycles. The average molecular weight is 332 g/mol. The van der Waals surface area contributed by atoms with Crippen molar-refractivity contribution >= 4 is 6.03 Å². The molecule has 2 N–H and O–H groups in total. The standard InChI is InChI=1S/C20H32N2O2/c1-14-8-6-7-9-17(14)18(20(3,4)5)21-19(24)22-12-10-16(11-13-22)15(2)23/h6-9,15-16,18,23H,10-13H2,1-5H3,(H,21,24). The lowest BCUT2D eigenvalue weighted by molar-refractivity contribution is 0.0782. The minimum absolute atomic E-state index is 0.00206. The summed E-state index contributed by atoms with van der Waals surface area (Å²) in [5.74, 6) is 0.309. The molecular weight excluding hydrogens is 300 g/mol. The highest BCUT2D eigenvalue weighted by Crippen LogP contribution is 2.34. The first kappa shape index (κ1) is 18.8. The fourth-order valence-electron chi connectivity index (χ4n) is 3.47. The Morgan fingerprint density at radius 3 is 2.33 bits per heavy atom. The molecule has 1 aromatic rings. The van der Waals surface area contributed by atoms with Gasteiger partial charge in [-0.3, -0.25) is 0 Å². The fraction of sp³-hybridized carbons (Fsp3) is 0.650. The van der Waals surface area contributed by atoms with Gasteiger partial charge < -0.3 is 15.3 Å². The summed E-state index contributed by atoms with van der Waals surface area (Å²) in [6, 6.07) is 8.23. The molecule has 2 atom stereocenters. The van der Waals surface area contributed by atoms with E-state index >= 15 is 0 Å². The van der Waals surface area contributed by atoms with E-state index in [-0.39, 0.29) is 23.6 Å². The van der Waals surface area contributed by atoms with Gasteiger partial charge in [0.25, 0.3) is 0 Å². The van der Waals surface area contributed by atoms with E-state index in [1.54, 1.807) is 0 Å². The van der Waals surface area contributed by atoms with Crippen molar-refractivity contribution < 1.29 is 9.90 Å². The molecule has 0 bridgehead atoms. The van der Waals surface area contributed by atoms with Gasteiger partial charge in [0.15, 0.2) is 0 Å². The third-order valence-electron chi connectivity index (χ3n) is 5.14. The van der Waals surface area contributed by atoms with Crippen LogP contribution in [0, 0.1) is 18.3 Å². The Morgan fingerprint density at radius 2 is 1.83 bits per heavy atom. The van der Waals surface area contributed by atoms with E-state index in [1.807, 2.05) is 24.0 Å². The Labute approximate surface area is 146 Å². The number of carbonyl (C=O) groups is 1. The molecule has 1 saturated heterocycles. The van der Waals surface area contributed by atoms with Crippen LogP contribution in [0.15, 0.2) is 24.3 Å². The summed E-state index contributed by atoms with van der Waals surface area (Å²) in [7, 11) is 0. The van der Waals surface area contributed by atoms with E-state index in [4.69, 9.17) is 0 Å². The number of amides is 2. The number of rotatable bonds is 3. The number of hydrogen-bond donors (Lipinski definition) is 2.